The van der Waals surface area contributed by atoms with Crippen molar-refractivity contribution >= 4 is 12.1 Å². The van der Waals surface area contributed by atoms with Crippen molar-refractivity contribution in [1.82, 2.24) is 10.3 Å². The molecular formula is C17H18N2O4. The van der Waals surface area contributed by atoms with Crippen LogP contribution in [0.4, 0.5) is 4.79 Å². The molecule has 0 radical (unpaired) electrons. The number of carbonyl (C=O) groups excluding carboxylic acids is 1. The number of aromatic nitrogens is 1. The van der Waals surface area contributed by atoms with Gasteiger partial charge < -0.3 is 15.2 Å². The number of ether oxygens (including phenoxy) is 1. The van der Waals surface area contributed by atoms with Gasteiger partial charge in [-0.2, -0.15) is 0 Å². The van der Waals surface area contributed by atoms with E-state index in [4.69, 9.17) is 4.74 Å². The van der Waals surface area contributed by atoms with Crippen molar-refractivity contribution < 1.29 is 19.4 Å². The molecule has 0 aliphatic rings. The SMILES string of the molecule is Cc1cccnc1C[C@H](NC(=O)OCc1ccccc1)C(=O)O. The van der Waals surface area contributed by atoms with Crippen LogP contribution in [-0.4, -0.2) is 28.2 Å². The number of carboxylic acids is 1. The molecule has 2 aromatic rings. The number of carbonyl (C=O) groups is 2. The highest BCUT2D eigenvalue weighted by atomic mass is 16.5. The van der Waals surface area contributed by atoms with Gasteiger partial charge >= 0.3 is 12.1 Å². The summed E-state index contributed by atoms with van der Waals surface area (Å²) >= 11 is 0. The molecule has 6 heteroatoms. The van der Waals surface area contributed by atoms with Crippen LogP contribution in [0.25, 0.3) is 0 Å². The van der Waals surface area contributed by atoms with Gasteiger partial charge in [0.2, 0.25) is 0 Å². The van der Waals surface area contributed by atoms with Gasteiger partial charge in [0.25, 0.3) is 0 Å². The first-order valence-electron chi connectivity index (χ1n) is 7.17. The number of rotatable bonds is 6. The van der Waals surface area contributed by atoms with E-state index in [1.807, 2.05) is 43.3 Å². The predicted octanol–water partition coefficient (Wildman–Crippen LogP) is 2.31. The number of hydrogen-bond donors (Lipinski definition) is 2. The maximum Gasteiger partial charge on any atom is 0.408 e. The number of aryl methyl sites for hydroxylation is 1. The minimum atomic E-state index is -1.13. The highest BCUT2D eigenvalue weighted by Crippen LogP contribution is 2.07. The number of alkyl carbamates (subject to hydrolysis) is 1. The van der Waals surface area contributed by atoms with Crippen LogP contribution in [0.2, 0.25) is 0 Å². The minimum Gasteiger partial charge on any atom is -0.480 e. The lowest BCUT2D eigenvalue weighted by atomic mass is 10.1. The second kappa shape index (κ2) is 7.93. The van der Waals surface area contributed by atoms with Gasteiger partial charge in [0.15, 0.2) is 0 Å². The van der Waals surface area contributed by atoms with E-state index < -0.39 is 18.1 Å². The van der Waals surface area contributed by atoms with Crippen LogP contribution in [0, 0.1) is 6.92 Å². The first-order chi connectivity index (χ1) is 11.1. The summed E-state index contributed by atoms with van der Waals surface area (Å²) in [5.74, 6) is -1.13. The zero-order valence-electron chi connectivity index (χ0n) is 12.7. The number of amides is 1. The Hall–Kier alpha value is -2.89. The zero-order chi connectivity index (χ0) is 16.7. The molecule has 0 bridgehead atoms. The maximum absolute atomic E-state index is 11.8. The summed E-state index contributed by atoms with van der Waals surface area (Å²) in [5, 5.41) is 11.6. The van der Waals surface area contributed by atoms with E-state index in [9.17, 15) is 14.7 Å². The quantitative estimate of drug-likeness (QED) is 0.854. The van der Waals surface area contributed by atoms with Gasteiger partial charge in [-0.25, -0.2) is 9.59 Å². The lowest BCUT2D eigenvalue weighted by Gasteiger charge is -2.15. The smallest absolute Gasteiger partial charge is 0.408 e. The lowest BCUT2D eigenvalue weighted by Crippen LogP contribution is -2.42. The fourth-order valence-corrected chi connectivity index (χ4v) is 2.03. The number of nitrogens with one attached hydrogen (secondary N) is 1. The number of benzene rings is 1. The van der Waals surface area contributed by atoms with Gasteiger partial charge in [-0.1, -0.05) is 36.4 Å². The molecule has 2 rings (SSSR count). The molecule has 6 nitrogen and oxygen atoms in total. The molecule has 1 aromatic heterocycles. The molecule has 0 saturated heterocycles. The molecule has 1 amide bonds. The third-order valence-corrected chi connectivity index (χ3v) is 3.32. The van der Waals surface area contributed by atoms with Crippen LogP contribution >= 0.6 is 0 Å². The van der Waals surface area contributed by atoms with Crippen molar-refractivity contribution in [2.75, 3.05) is 0 Å². The Bertz CT molecular complexity index is 673. The standard InChI is InChI=1S/C17H18N2O4/c1-12-6-5-9-18-14(12)10-15(16(20)21)19-17(22)23-11-13-7-3-2-4-8-13/h2-9,15H,10-11H2,1H3,(H,19,22)(H,20,21)/t15-/m0/s1. The number of carboxylic acid groups (broad SMARTS) is 1. The van der Waals surface area contributed by atoms with Gasteiger partial charge in [0.05, 0.1) is 0 Å². The summed E-state index contributed by atoms with van der Waals surface area (Å²) in [6.45, 7) is 1.93. The molecule has 0 fully saturated rings. The Morgan fingerprint density at radius 3 is 2.61 bits per heavy atom. The van der Waals surface area contributed by atoms with E-state index in [0.29, 0.717) is 5.69 Å². The fraction of sp³-hybridized carbons (Fsp3) is 0.235. The summed E-state index contributed by atoms with van der Waals surface area (Å²) in [6.07, 6.45) is 0.923. The summed E-state index contributed by atoms with van der Waals surface area (Å²) < 4.78 is 5.04. The summed E-state index contributed by atoms with van der Waals surface area (Å²) in [4.78, 5) is 27.3. The molecule has 23 heavy (non-hydrogen) atoms. The van der Waals surface area contributed by atoms with Crippen molar-refractivity contribution in [1.29, 1.82) is 0 Å². The topological polar surface area (TPSA) is 88.5 Å². The molecular weight excluding hydrogens is 296 g/mol. The van der Waals surface area contributed by atoms with E-state index in [0.717, 1.165) is 11.1 Å². The van der Waals surface area contributed by atoms with E-state index in [-0.39, 0.29) is 13.0 Å². The zero-order valence-corrected chi connectivity index (χ0v) is 12.7. The molecule has 0 aliphatic carbocycles. The second-order valence-corrected chi connectivity index (χ2v) is 5.07. The first kappa shape index (κ1) is 16.5. The van der Waals surface area contributed by atoms with Gasteiger partial charge in [0, 0.05) is 18.3 Å². The Balaban J connectivity index is 1.92. The molecule has 1 aromatic carbocycles. The van der Waals surface area contributed by atoms with E-state index in [2.05, 4.69) is 10.3 Å². The third kappa shape index (κ3) is 5.10. The van der Waals surface area contributed by atoms with Gasteiger partial charge in [-0.05, 0) is 24.1 Å². The Morgan fingerprint density at radius 2 is 1.96 bits per heavy atom. The molecule has 2 N–H and O–H groups in total. The van der Waals surface area contributed by atoms with Crippen LogP contribution in [0.15, 0.2) is 48.7 Å². The van der Waals surface area contributed by atoms with Gasteiger partial charge in [-0.15, -0.1) is 0 Å². The summed E-state index contributed by atoms with van der Waals surface area (Å²) in [6, 6.07) is 11.7. The Morgan fingerprint density at radius 1 is 1.22 bits per heavy atom. The summed E-state index contributed by atoms with van der Waals surface area (Å²) in [7, 11) is 0. The van der Waals surface area contributed by atoms with Gasteiger partial charge in [0.1, 0.15) is 12.6 Å². The van der Waals surface area contributed by atoms with Crippen LogP contribution in [0.5, 0.6) is 0 Å². The fourth-order valence-electron chi connectivity index (χ4n) is 2.03. The largest absolute Gasteiger partial charge is 0.480 e. The van der Waals surface area contributed by atoms with Crippen molar-refractivity contribution in [2.24, 2.45) is 0 Å². The van der Waals surface area contributed by atoms with Crippen LogP contribution < -0.4 is 5.32 Å². The second-order valence-electron chi connectivity index (χ2n) is 5.07. The number of hydrogen-bond acceptors (Lipinski definition) is 4. The molecule has 0 spiro atoms. The van der Waals surface area contributed by atoms with E-state index in [1.54, 1.807) is 12.3 Å². The highest BCUT2D eigenvalue weighted by Gasteiger charge is 2.22. The number of nitrogens with zero attached hydrogens (tertiary/aromatic N) is 1. The monoisotopic (exact) mass is 314 g/mol. The lowest BCUT2D eigenvalue weighted by molar-refractivity contribution is -0.139. The van der Waals surface area contributed by atoms with Crippen molar-refractivity contribution in [2.45, 2.75) is 26.0 Å². The molecule has 0 saturated carbocycles. The van der Waals surface area contributed by atoms with Gasteiger partial charge in [-0.3, -0.25) is 4.98 Å². The third-order valence-electron chi connectivity index (χ3n) is 3.32. The number of aliphatic carboxylic acids is 1. The van der Waals surface area contributed by atoms with Crippen molar-refractivity contribution in [3.63, 3.8) is 0 Å². The first-order valence-corrected chi connectivity index (χ1v) is 7.17. The van der Waals surface area contributed by atoms with E-state index in [1.165, 1.54) is 0 Å². The van der Waals surface area contributed by atoms with Crippen LogP contribution in [0.3, 0.4) is 0 Å². The number of pyridine rings is 1. The minimum absolute atomic E-state index is 0.0849. The van der Waals surface area contributed by atoms with Crippen molar-refractivity contribution in [3.05, 3.63) is 65.5 Å². The van der Waals surface area contributed by atoms with E-state index >= 15 is 0 Å². The predicted molar refractivity (Wildman–Crippen MR) is 83.9 cm³/mol. The Labute approximate surface area is 134 Å². The summed E-state index contributed by atoms with van der Waals surface area (Å²) in [5.41, 5.74) is 2.33. The average Bonchev–Trinajstić information content (AvgIpc) is 2.55. The molecule has 0 unspecified atom stereocenters. The Kier molecular flexibility index (Phi) is 5.68. The molecule has 120 valence electrons. The maximum atomic E-state index is 11.8. The normalized spacial score (nSPS) is 11.5. The van der Waals surface area contributed by atoms with Crippen LogP contribution in [-0.2, 0) is 22.6 Å². The average molecular weight is 314 g/mol. The molecule has 0 aliphatic heterocycles. The van der Waals surface area contributed by atoms with Crippen molar-refractivity contribution in [3.8, 4) is 0 Å². The highest BCUT2D eigenvalue weighted by molar-refractivity contribution is 5.80. The molecule has 1 heterocycles. The van der Waals surface area contributed by atoms with Crippen LogP contribution in [0.1, 0.15) is 16.8 Å². The molecule has 1 atom stereocenters.